The summed E-state index contributed by atoms with van der Waals surface area (Å²) in [6, 6.07) is 18.3. The van der Waals surface area contributed by atoms with Gasteiger partial charge in [0.2, 0.25) is 0 Å². The molecule has 22 heavy (non-hydrogen) atoms. The Morgan fingerprint density at radius 3 is 2.59 bits per heavy atom. The van der Waals surface area contributed by atoms with Gasteiger partial charge in [-0.1, -0.05) is 43.7 Å². The lowest BCUT2D eigenvalue weighted by molar-refractivity contribution is 0.298. The summed E-state index contributed by atoms with van der Waals surface area (Å²) in [4.78, 5) is 4.78. The first-order valence-corrected chi connectivity index (χ1v) is 8.00. The number of hydrogen-bond donors (Lipinski definition) is 0. The van der Waals surface area contributed by atoms with Crippen LogP contribution in [0.25, 0.3) is 11.0 Å². The fourth-order valence-electron chi connectivity index (χ4n) is 2.67. The van der Waals surface area contributed by atoms with Crippen molar-refractivity contribution < 1.29 is 4.74 Å². The van der Waals surface area contributed by atoms with Crippen molar-refractivity contribution in [3.05, 3.63) is 60.4 Å². The topological polar surface area (TPSA) is 27.1 Å². The SMILES string of the molecule is CCCCc1nc2ccccc2n1CCOc1ccccc1. The molecule has 0 bridgehead atoms. The maximum Gasteiger partial charge on any atom is 0.119 e. The Labute approximate surface area is 131 Å². The molecule has 0 atom stereocenters. The van der Waals surface area contributed by atoms with Crippen LogP contribution >= 0.6 is 0 Å². The molecule has 0 radical (unpaired) electrons. The van der Waals surface area contributed by atoms with Crippen LogP contribution < -0.4 is 4.74 Å². The second-order valence-electron chi connectivity index (χ2n) is 5.43. The molecule has 0 fully saturated rings. The molecule has 3 nitrogen and oxygen atoms in total. The van der Waals surface area contributed by atoms with Crippen molar-refractivity contribution in [2.45, 2.75) is 32.7 Å². The quantitative estimate of drug-likeness (QED) is 0.643. The van der Waals surface area contributed by atoms with Crippen molar-refractivity contribution in [2.24, 2.45) is 0 Å². The first-order valence-electron chi connectivity index (χ1n) is 8.00. The van der Waals surface area contributed by atoms with E-state index in [1.165, 1.54) is 24.2 Å². The molecule has 1 heterocycles. The number of para-hydroxylation sites is 3. The van der Waals surface area contributed by atoms with Crippen molar-refractivity contribution >= 4 is 11.0 Å². The van der Waals surface area contributed by atoms with Gasteiger partial charge in [-0.05, 0) is 30.7 Å². The average Bonchev–Trinajstić information content (AvgIpc) is 2.92. The lowest BCUT2D eigenvalue weighted by atomic mass is 10.2. The predicted octanol–water partition coefficient (Wildman–Crippen LogP) is 4.46. The van der Waals surface area contributed by atoms with Crippen molar-refractivity contribution in [1.29, 1.82) is 0 Å². The van der Waals surface area contributed by atoms with Gasteiger partial charge in [0.05, 0.1) is 17.6 Å². The minimum absolute atomic E-state index is 0.656. The third-order valence-corrected chi connectivity index (χ3v) is 3.81. The number of rotatable bonds is 7. The highest BCUT2D eigenvalue weighted by molar-refractivity contribution is 5.75. The molecule has 0 N–H and O–H groups in total. The summed E-state index contributed by atoms with van der Waals surface area (Å²) in [5.74, 6) is 2.08. The van der Waals surface area contributed by atoms with Gasteiger partial charge in [-0.25, -0.2) is 4.98 Å². The average molecular weight is 294 g/mol. The van der Waals surface area contributed by atoms with E-state index in [1.54, 1.807) is 0 Å². The number of fused-ring (bicyclic) bond motifs is 1. The number of imidazole rings is 1. The highest BCUT2D eigenvalue weighted by Crippen LogP contribution is 2.18. The molecule has 0 aliphatic heterocycles. The monoisotopic (exact) mass is 294 g/mol. The van der Waals surface area contributed by atoms with Gasteiger partial charge in [0.25, 0.3) is 0 Å². The summed E-state index contributed by atoms with van der Waals surface area (Å²) in [6.07, 6.45) is 3.38. The third-order valence-electron chi connectivity index (χ3n) is 3.81. The number of hydrogen-bond acceptors (Lipinski definition) is 2. The van der Waals surface area contributed by atoms with E-state index in [2.05, 4.69) is 29.7 Å². The Morgan fingerprint density at radius 1 is 1.00 bits per heavy atom. The third kappa shape index (κ3) is 3.30. The van der Waals surface area contributed by atoms with E-state index in [9.17, 15) is 0 Å². The highest BCUT2D eigenvalue weighted by atomic mass is 16.5. The number of benzene rings is 2. The van der Waals surface area contributed by atoms with E-state index in [0.717, 1.165) is 24.2 Å². The maximum absolute atomic E-state index is 5.84. The van der Waals surface area contributed by atoms with Crippen LogP contribution in [0, 0.1) is 0 Å². The Balaban J connectivity index is 1.76. The summed E-state index contributed by atoms with van der Waals surface area (Å²) in [6.45, 7) is 3.70. The van der Waals surface area contributed by atoms with Crippen molar-refractivity contribution in [2.75, 3.05) is 6.61 Å². The van der Waals surface area contributed by atoms with Crippen LogP contribution in [0.2, 0.25) is 0 Å². The van der Waals surface area contributed by atoms with Crippen LogP contribution in [0.4, 0.5) is 0 Å². The molecule has 0 aliphatic carbocycles. The smallest absolute Gasteiger partial charge is 0.119 e. The zero-order chi connectivity index (χ0) is 15.2. The number of aromatic nitrogens is 2. The lowest BCUT2D eigenvalue weighted by Crippen LogP contribution is -2.11. The summed E-state index contributed by atoms with van der Waals surface area (Å²) in [7, 11) is 0. The van der Waals surface area contributed by atoms with Crippen LogP contribution in [0.15, 0.2) is 54.6 Å². The molecule has 0 saturated heterocycles. The van der Waals surface area contributed by atoms with Gasteiger partial charge in [0.15, 0.2) is 0 Å². The van der Waals surface area contributed by atoms with Crippen molar-refractivity contribution in [3.63, 3.8) is 0 Å². The predicted molar refractivity (Wildman–Crippen MR) is 90.3 cm³/mol. The summed E-state index contributed by atoms with van der Waals surface area (Å²) >= 11 is 0. The normalized spacial score (nSPS) is 11.0. The summed E-state index contributed by atoms with van der Waals surface area (Å²) < 4.78 is 8.14. The van der Waals surface area contributed by atoms with Crippen LogP contribution in [0.3, 0.4) is 0 Å². The van der Waals surface area contributed by atoms with Crippen LogP contribution in [0.1, 0.15) is 25.6 Å². The van der Waals surface area contributed by atoms with Crippen LogP contribution in [0.5, 0.6) is 5.75 Å². The number of aryl methyl sites for hydroxylation is 1. The fourth-order valence-corrected chi connectivity index (χ4v) is 2.67. The van der Waals surface area contributed by atoms with Gasteiger partial charge in [-0.15, -0.1) is 0 Å². The Kier molecular flexibility index (Phi) is 4.74. The first-order chi connectivity index (χ1) is 10.9. The molecule has 0 saturated carbocycles. The second kappa shape index (κ2) is 7.12. The Morgan fingerprint density at radius 2 is 1.77 bits per heavy atom. The highest BCUT2D eigenvalue weighted by Gasteiger charge is 2.09. The van der Waals surface area contributed by atoms with Crippen LogP contribution in [-0.4, -0.2) is 16.2 Å². The van der Waals surface area contributed by atoms with Crippen molar-refractivity contribution in [3.8, 4) is 5.75 Å². The molecule has 0 aliphatic rings. The lowest BCUT2D eigenvalue weighted by Gasteiger charge is -2.10. The molecule has 114 valence electrons. The largest absolute Gasteiger partial charge is 0.492 e. The zero-order valence-corrected chi connectivity index (χ0v) is 13.0. The Hall–Kier alpha value is -2.29. The van der Waals surface area contributed by atoms with Gasteiger partial charge >= 0.3 is 0 Å². The standard InChI is InChI=1S/C19H22N2O/c1-2-3-13-19-20-17-11-7-8-12-18(17)21(19)14-15-22-16-9-5-4-6-10-16/h4-12H,2-3,13-15H2,1H3. The van der Waals surface area contributed by atoms with E-state index in [0.29, 0.717) is 6.61 Å². The van der Waals surface area contributed by atoms with E-state index < -0.39 is 0 Å². The minimum atomic E-state index is 0.656. The molecule has 0 amide bonds. The molecule has 3 heteroatoms. The van der Waals surface area contributed by atoms with Gasteiger partial charge in [0, 0.05) is 6.42 Å². The van der Waals surface area contributed by atoms with E-state index in [-0.39, 0.29) is 0 Å². The molecular formula is C19H22N2O. The molecular weight excluding hydrogens is 272 g/mol. The van der Waals surface area contributed by atoms with E-state index >= 15 is 0 Å². The van der Waals surface area contributed by atoms with Gasteiger partial charge in [0.1, 0.15) is 18.2 Å². The Bertz CT molecular complexity index is 719. The fraction of sp³-hybridized carbons (Fsp3) is 0.316. The van der Waals surface area contributed by atoms with Gasteiger partial charge < -0.3 is 9.30 Å². The number of ether oxygens (including phenoxy) is 1. The number of nitrogens with zero attached hydrogens (tertiary/aromatic N) is 2. The second-order valence-corrected chi connectivity index (χ2v) is 5.43. The molecule has 0 spiro atoms. The van der Waals surface area contributed by atoms with Gasteiger partial charge in [-0.3, -0.25) is 0 Å². The van der Waals surface area contributed by atoms with Gasteiger partial charge in [-0.2, -0.15) is 0 Å². The summed E-state index contributed by atoms with van der Waals surface area (Å²) in [5, 5.41) is 0. The molecule has 2 aromatic carbocycles. The zero-order valence-electron chi connectivity index (χ0n) is 13.0. The van der Waals surface area contributed by atoms with E-state index in [1.807, 2.05) is 36.4 Å². The molecule has 0 unspecified atom stereocenters. The maximum atomic E-state index is 5.84. The van der Waals surface area contributed by atoms with Crippen LogP contribution in [-0.2, 0) is 13.0 Å². The molecule has 3 rings (SSSR count). The first kappa shape index (κ1) is 14.6. The molecule has 1 aromatic heterocycles. The molecule has 3 aromatic rings. The summed E-state index contributed by atoms with van der Waals surface area (Å²) in [5.41, 5.74) is 2.28. The number of unbranched alkanes of at least 4 members (excludes halogenated alkanes) is 1. The minimum Gasteiger partial charge on any atom is -0.492 e. The van der Waals surface area contributed by atoms with E-state index in [4.69, 9.17) is 9.72 Å². The van der Waals surface area contributed by atoms with Crippen molar-refractivity contribution in [1.82, 2.24) is 9.55 Å².